The predicted octanol–water partition coefficient (Wildman–Crippen LogP) is 3.52. The van der Waals surface area contributed by atoms with Gasteiger partial charge in [0.25, 0.3) is 0 Å². The predicted molar refractivity (Wildman–Crippen MR) is 70.0 cm³/mol. The van der Waals surface area contributed by atoms with Crippen LogP contribution in [0.15, 0.2) is 24.3 Å². The maximum absolute atomic E-state index is 11.2. The number of benzene rings is 1. The van der Waals surface area contributed by atoms with Crippen molar-refractivity contribution in [1.82, 2.24) is 0 Å². The van der Waals surface area contributed by atoms with E-state index >= 15 is 0 Å². The molecule has 0 aliphatic rings. The number of hydrogen-bond donors (Lipinski definition) is 0. The molecule has 1 aromatic carbocycles. The molecule has 2 nitrogen and oxygen atoms in total. The lowest BCUT2D eigenvalue weighted by atomic mass is 10.0. The highest BCUT2D eigenvalue weighted by molar-refractivity contribution is 5.69. The molecule has 0 N–H and O–H groups in total. The van der Waals surface area contributed by atoms with E-state index in [1.165, 1.54) is 11.1 Å². The fourth-order valence-corrected chi connectivity index (χ4v) is 1.87. The molecule has 0 amide bonds. The van der Waals surface area contributed by atoms with Gasteiger partial charge in [0.1, 0.15) is 0 Å². The molecule has 0 radical (unpaired) electrons. The van der Waals surface area contributed by atoms with Crippen LogP contribution < -0.4 is 0 Å². The summed E-state index contributed by atoms with van der Waals surface area (Å²) in [4.78, 5) is 11.2. The van der Waals surface area contributed by atoms with Crippen molar-refractivity contribution in [3.8, 4) is 0 Å². The second kappa shape index (κ2) is 7.88. The maximum Gasteiger partial charge on any atom is 0.305 e. The van der Waals surface area contributed by atoms with E-state index in [9.17, 15) is 4.79 Å². The molecule has 0 saturated carbocycles. The van der Waals surface area contributed by atoms with Crippen LogP contribution in [0, 0.1) is 0 Å². The molecule has 1 rings (SSSR count). The van der Waals surface area contributed by atoms with E-state index in [1.54, 1.807) is 0 Å². The number of hydrogen-bond acceptors (Lipinski definition) is 2. The first kappa shape index (κ1) is 13.8. The van der Waals surface area contributed by atoms with E-state index in [2.05, 4.69) is 31.2 Å². The Morgan fingerprint density at radius 1 is 1.18 bits per heavy atom. The van der Waals surface area contributed by atoms with E-state index in [-0.39, 0.29) is 5.97 Å². The molecular weight excluding hydrogens is 212 g/mol. The minimum Gasteiger partial charge on any atom is -0.466 e. The minimum atomic E-state index is -0.0729. The Labute approximate surface area is 104 Å². The molecule has 0 aliphatic carbocycles. The van der Waals surface area contributed by atoms with Crippen LogP contribution in [0.2, 0.25) is 0 Å². The quantitative estimate of drug-likeness (QED) is 0.533. The van der Waals surface area contributed by atoms with Crippen molar-refractivity contribution in [3.63, 3.8) is 0 Å². The smallest absolute Gasteiger partial charge is 0.305 e. The van der Waals surface area contributed by atoms with Crippen LogP contribution in [-0.4, -0.2) is 12.6 Å². The highest BCUT2D eigenvalue weighted by atomic mass is 16.5. The van der Waals surface area contributed by atoms with Gasteiger partial charge in [0.2, 0.25) is 0 Å². The summed E-state index contributed by atoms with van der Waals surface area (Å²) in [5.74, 6) is -0.0729. The van der Waals surface area contributed by atoms with Crippen molar-refractivity contribution >= 4 is 5.97 Å². The Morgan fingerprint density at radius 3 is 2.53 bits per heavy atom. The molecule has 0 fully saturated rings. The van der Waals surface area contributed by atoms with Crippen molar-refractivity contribution < 1.29 is 9.53 Å². The van der Waals surface area contributed by atoms with Gasteiger partial charge in [0.05, 0.1) is 6.61 Å². The van der Waals surface area contributed by atoms with Gasteiger partial charge in [-0.15, -0.1) is 0 Å². The number of ether oxygens (including phenoxy) is 1. The molecule has 0 spiro atoms. The highest BCUT2D eigenvalue weighted by Gasteiger charge is 2.02. The lowest BCUT2D eigenvalue weighted by molar-refractivity contribution is -0.143. The third kappa shape index (κ3) is 5.03. The van der Waals surface area contributed by atoms with Crippen molar-refractivity contribution in [3.05, 3.63) is 35.4 Å². The molecule has 0 aromatic heterocycles. The van der Waals surface area contributed by atoms with Gasteiger partial charge in [-0.1, -0.05) is 38.1 Å². The van der Waals surface area contributed by atoms with Crippen LogP contribution in [0.1, 0.15) is 44.2 Å². The minimum absolute atomic E-state index is 0.0729. The Kier molecular flexibility index (Phi) is 6.38. The lowest BCUT2D eigenvalue weighted by Gasteiger charge is -2.08. The molecule has 17 heavy (non-hydrogen) atoms. The van der Waals surface area contributed by atoms with Gasteiger partial charge < -0.3 is 4.74 Å². The van der Waals surface area contributed by atoms with Crippen molar-refractivity contribution in [1.29, 1.82) is 0 Å². The third-order valence-electron chi connectivity index (χ3n) is 2.81. The largest absolute Gasteiger partial charge is 0.466 e. The van der Waals surface area contributed by atoms with Crippen molar-refractivity contribution in [2.24, 2.45) is 0 Å². The summed E-state index contributed by atoms with van der Waals surface area (Å²) >= 11 is 0. The van der Waals surface area contributed by atoms with Crippen LogP contribution in [0.3, 0.4) is 0 Å². The average Bonchev–Trinajstić information content (AvgIpc) is 2.35. The van der Waals surface area contributed by atoms with Gasteiger partial charge in [-0.25, -0.2) is 0 Å². The molecule has 0 heterocycles. The summed E-state index contributed by atoms with van der Waals surface area (Å²) in [7, 11) is 0. The van der Waals surface area contributed by atoms with Crippen LogP contribution in [0.5, 0.6) is 0 Å². The summed E-state index contributed by atoms with van der Waals surface area (Å²) in [5, 5.41) is 0. The number of aryl methyl sites for hydroxylation is 2. The number of carbonyl (C=O) groups excluding carboxylic acids is 1. The Bertz CT molecular complexity index is 345. The molecule has 0 unspecified atom stereocenters. The molecular formula is C15H22O2. The first-order valence-electron chi connectivity index (χ1n) is 6.50. The summed E-state index contributed by atoms with van der Waals surface area (Å²) < 4.78 is 5.14. The molecule has 2 heteroatoms. The highest BCUT2D eigenvalue weighted by Crippen LogP contribution is 2.11. The molecule has 94 valence electrons. The Hall–Kier alpha value is -1.31. The van der Waals surface area contributed by atoms with Crippen LogP contribution in [-0.2, 0) is 22.4 Å². The number of esters is 1. The van der Waals surface area contributed by atoms with E-state index in [4.69, 9.17) is 4.74 Å². The fraction of sp³-hybridized carbons (Fsp3) is 0.533. The Balaban J connectivity index is 2.28. The maximum atomic E-state index is 11.2. The standard InChI is InChI=1S/C15H22O2/c1-3-8-15(16)17-12-7-11-14-10-6-5-9-13(14)4-2/h5-6,9-10H,3-4,7-8,11-12H2,1-2H3. The second-order valence-electron chi connectivity index (χ2n) is 4.20. The summed E-state index contributed by atoms with van der Waals surface area (Å²) in [5.41, 5.74) is 2.77. The molecule has 1 aromatic rings. The Morgan fingerprint density at radius 2 is 1.88 bits per heavy atom. The van der Waals surface area contributed by atoms with Gasteiger partial charge in [-0.05, 0) is 36.8 Å². The normalized spacial score (nSPS) is 10.2. The second-order valence-corrected chi connectivity index (χ2v) is 4.20. The summed E-state index contributed by atoms with van der Waals surface area (Å²) in [6.07, 6.45) is 4.35. The first-order valence-corrected chi connectivity index (χ1v) is 6.50. The zero-order valence-electron chi connectivity index (χ0n) is 10.9. The topological polar surface area (TPSA) is 26.3 Å². The zero-order chi connectivity index (χ0) is 12.5. The van der Waals surface area contributed by atoms with Gasteiger partial charge in [-0.2, -0.15) is 0 Å². The lowest BCUT2D eigenvalue weighted by Crippen LogP contribution is -2.06. The third-order valence-corrected chi connectivity index (χ3v) is 2.81. The van der Waals surface area contributed by atoms with Crippen LogP contribution >= 0.6 is 0 Å². The monoisotopic (exact) mass is 234 g/mol. The molecule has 0 atom stereocenters. The number of rotatable bonds is 7. The van der Waals surface area contributed by atoms with Crippen molar-refractivity contribution in [2.45, 2.75) is 46.0 Å². The van der Waals surface area contributed by atoms with E-state index in [0.29, 0.717) is 13.0 Å². The van der Waals surface area contributed by atoms with Crippen molar-refractivity contribution in [2.75, 3.05) is 6.61 Å². The van der Waals surface area contributed by atoms with E-state index in [1.807, 2.05) is 6.92 Å². The fourth-order valence-electron chi connectivity index (χ4n) is 1.87. The van der Waals surface area contributed by atoms with Crippen LogP contribution in [0.4, 0.5) is 0 Å². The van der Waals surface area contributed by atoms with E-state index < -0.39 is 0 Å². The first-order chi connectivity index (χ1) is 8.27. The number of carbonyl (C=O) groups is 1. The summed E-state index contributed by atoms with van der Waals surface area (Å²) in [6, 6.07) is 8.46. The van der Waals surface area contributed by atoms with Gasteiger partial charge in [0, 0.05) is 6.42 Å². The zero-order valence-corrected chi connectivity index (χ0v) is 10.9. The molecule has 0 aliphatic heterocycles. The van der Waals surface area contributed by atoms with Gasteiger partial charge in [-0.3, -0.25) is 4.79 Å². The SMILES string of the molecule is CCCC(=O)OCCCc1ccccc1CC. The average molecular weight is 234 g/mol. The van der Waals surface area contributed by atoms with Crippen LogP contribution in [0.25, 0.3) is 0 Å². The van der Waals surface area contributed by atoms with Gasteiger partial charge >= 0.3 is 5.97 Å². The summed E-state index contributed by atoms with van der Waals surface area (Å²) in [6.45, 7) is 4.69. The molecule has 0 saturated heterocycles. The molecule has 0 bridgehead atoms. The van der Waals surface area contributed by atoms with Gasteiger partial charge in [0.15, 0.2) is 0 Å². The van der Waals surface area contributed by atoms with E-state index in [0.717, 1.165) is 25.7 Å².